The Kier molecular flexibility index (Phi) is 7.94. The van der Waals surface area contributed by atoms with Crippen LogP contribution in [0.2, 0.25) is 0 Å². The molecule has 3 atom stereocenters. The molecule has 0 saturated carbocycles. The zero-order valence-corrected chi connectivity index (χ0v) is 19.1. The van der Waals surface area contributed by atoms with Gasteiger partial charge in [-0.15, -0.1) is 0 Å². The van der Waals surface area contributed by atoms with E-state index in [0.717, 1.165) is 23.7 Å². The molecule has 0 aliphatic heterocycles. The summed E-state index contributed by atoms with van der Waals surface area (Å²) >= 11 is 0. The number of aliphatic hydroxyl groups is 1. The van der Waals surface area contributed by atoms with Gasteiger partial charge in [-0.25, -0.2) is 13.5 Å². The van der Waals surface area contributed by atoms with Gasteiger partial charge in [0.05, 0.1) is 17.8 Å². The molecule has 0 aliphatic carbocycles. The minimum Gasteiger partial charge on any atom is -0.390 e. The lowest BCUT2D eigenvalue weighted by atomic mass is 9.88. The van der Waals surface area contributed by atoms with Gasteiger partial charge in [-0.05, 0) is 61.2 Å². The number of hydrogen-bond acceptors (Lipinski definition) is 4. The van der Waals surface area contributed by atoms with Crippen molar-refractivity contribution in [2.75, 3.05) is 6.54 Å². The second-order valence-electron chi connectivity index (χ2n) is 8.42. The summed E-state index contributed by atoms with van der Waals surface area (Å²) < 4.78 is 29.0. The van der Waals surface area contributed by atoms with Gasteiger partial charge in [0, 0.05) is 37.5 Å². The van der Waals surface area contributed by atoms with Gasteiger partial charge < -0.3 is 15.7 Å². The minimum absolute atomic E-state index is 0.0920. The summed E-state index contributed by atoms with van der Waals surface area (Å²) in [5.74, 6) is -1.73. The molecule has 0 bridgehead atoms. The van der Waals surface area contributed by atoms with Gasteiger partial charge in [0.2, 0.25) is 5.91 Å². The molecule has 1 heterocycles. The smallest absolute Gasteiger partial charge is 0.217 e. The highest BCUT2D eigenvalue weighted by atomic mass is 19.1. The van der Waals surface area contributed by atoms with E-state index in [1.165, 1.54) is 19.1 Å². The van der Waals surface area contributed by atoms with E-state index in [1.54, 1.807) is 10.9 Å². The Hall–Kier alpha value is -3.10. The van der Waals surface area contributed by atoms with Crippen LogP contribution < -0.4 is 10.6 Å². The Morgan fingerprint density at radius 3 is 2.52 bits per heavy atom. The lowest BCUT2D eigenvalue weighted by molar-refractivity contribution is -0.120. The summed E-state index contributed by atoms with van der Waals surface area (Å²) in [5, 5.41) is 21.3. The van der Waals surface area contributed by atoms with Crippen LogP contribution in [-0.2, 0) is 16.8 Å². The Bertz CT molecular complexity index is 1050. The Morgan fingerprint density at radius 1 is 1.18 bits per heavy atom. The molecule has 33 heavy (non-hydrogen) atoms. The maximum Gasteiger partial charge on any atom is 0.217 e. The molecule has 1 amide bonds. The molecule has 2 aromatic carbocycles. The van der Waals surface area contributed by atoms with Crippen LogP contribution in [0.25, 0.3) is 5.69 Å². The van der Waals surface area contributed by atoms with Crippen LogP contribution in [-0.4, -0.2) is 39.5 Å². The Morgan fingerprint density at radius 2 is 1.91 bits per heavy atom. The fraction of sp³-hybridized carbons (Fsp3) is 0.360. The number of carbonyl (C=O) groups is 1. The van der Waals surface area contributed by atoms with Crippen LogP contribution in [0, 0.1) is 11.6 Å². The zero-order valence-electron chi connectivity index (χ0n) is 19.1. The molecule has 0 radical (unpaired) electrons. The summed E-state index contributed by atoms with van der Waals surface area (Å²) in [6, 6.07) is 12.3. The highest BCUT2D eigenvalue weighted by Crippen LogP contribution is 2.26. The van der Waals surface area contributed by atoms with Crippen molar-refractivity contribution in [1.82, 2.24) is 20.4 Å². The van der Waals surface area contributed by atoms with E-state index in [0.29, 0.717) is 5.56 Å². The number of amides is 1. The molecule has 0 aliphatic rings. The molecule has 8 heteroatoms. The summed E-state index contributed by atoms with van der Waals surface area (Å²) in [7, 11) is 0. The summed E-state index contributed by atoms with van der Waals surface area (Å²) in [6.45, 7) is 5.59. The Labute approximate surface area is 192 Å². The number of nitrogens with zero attached hydrogens (tertiary/aromatic N) is 2. The summed E-state index contributed by atoms with van der Waals surface area (Å²) in [4.78, 5) is 11.7. The van der Waals surface area contributed by atoms with Gasteiger partial charge >= 0.3 is 0 Å². The number of benzene rings is 2. The van der Waals surface area contributed by atoms with Crippen molar-refractivity contribution in [1.29, 1.82) is 0 Å². The molecule has 0 spiro atoms. The molecule has 0 saturated heterocycles. The summed E-state index contributed by atoms with van der Waals surface area (Å²) in [6.07, 6.45) is 3.43. The first-order valence-corrected chi connectivity index (χ1v) is 11.0. The van der Waals surface area contributed by atoms with Crippen molar-refractivity contribution in [3.05, 3.63) is 83.7 Å². The first-order chi connectivity index (χ1) is 15.7. The third-order valence-electron chi connectivity index (χ3n) is 5.89. The second kappa shape index (κ2) is 10.7. The molecule has 1 aromatic heterocycles. The van der Waals surface area contributed by atoms with Gasteiger partial charge in [-0.3, -0.25) is 4.79 Å². The van der Waals surface area contributed by atoms with E-state index in [4.69, 9.17) is 0 Å². The van der Waals surface area contributed by atoms with Crippen LogP contribution in [0.15, 0.2) is 60.9 Å². The quantitative estimate of drug-likeness (QED) is 0.437. The molecule has 3 N–H and O–H groups in total. The fourth-order valence-electron chi connectivity index (χ4n) is 3.84. The molecule has 6 nitrogen and oxygen atoms in total. The number of aliphatic hydroxyl groups excluding tert-OH is 1. The standard InChI is InChI=1S/C25H30F2N4O2/c1-4-25(3,19-7-5-8-22(14-19)31-10-6-9-29-31)28-16-24(33)23(30-17(2)32)13-18-11-20(26)15-21(27)12-18/h5-12,14-15,23-24,28,33H,4,13,16H2,1-3H3,(H,30,32). The third kappa shape index (κ3) is 6.46. The van der Waals surface area contributed by atoms with Crippen LogP contribution in [0.3, 0.4) is 0 Å². The van der Waals surface area contributed by atoms with E-state index in [9.17, 15) is 18.7 Å². The maximum absolute atomic E-state index is 13.6. The number of halogens is 2. The zero-order chi connectivity index (χ0) is 24.0. The molecule has 0 fully saturated rings. The van der Waals surface area contributed by atoms with Crippen molar-refractivity contribution < 1.29 is 18.7 Å². The number of rotatable bonds is 10. The molecular weight excluding hydrogens is 426 g/mol. The molecule has 3 aromatic rings. The van der Waals surface area contributed by atoms with E-state index < -0.39 is 29.3 Å². The average molecular weight is 457 g/mol. The monoisotopic (exact) mass is 456 g/mol. The highest BCUT2D eigenvalue weighted by molar-refractivity contribution is 5.73. The van der Waals surface area contributed by atoms with Crippen molar-refractivity contribution in [3.8, 4) is 5.69 Å². The molecule has 176 valence electrons. The Balaban J connectivity index is 1.75. The molecular formula is C25H30F2N4O2. The van der Waals surface area contributed by atoms with Crippen molar-refractivity contribution >= 4 is 5.91 Å². The lowest BCUT2D eigenvalue weighted by Crippen LogP contribution is -2.51. The van der Waals surface area contributed by atoms with Gasteiger partial charge in [0.15, 0.2) is 0 Å². The van der Waals surface area contributed by atoms with Crippen molar-refractivity contribution in [3.63, 3.8) is 0 Å². The van der Waals surface area contributed by atoms with Crippen LogP contribution in [0.4, 0.5) is 8.78 Å². The largest absolute Gasteiger partial charge is 0.390 e. The molecule has 3 unspecified atom stereocenters. The number of aromatic nitrogens is 2. The lowest BCUT2D eigenvalue weighted by Gasteiger charge is -2.33. The predicted molar refractivity (Wildman–Crippen MR) is 123 cm³/mol. The van der Waals surface area contributed by atoms with Gasteiger partial charge in [0.25, 0.3) is 0 Å². The predicted octanol–water partition coefficient (Wildman–Crippen LogP) is 3.47. The van der Waals surface area contributed by atoms with Gasteiger partial charge in [-0.2, -0.15) is 5.10 Å². The second-order valence-corrected chi connectivity index (χ2v) is 8.42. The van der Waals surface area contributed by atoms with Crippen LogP contribution in [0.1, 0.15) is 38.3 Å². The first-order valence-electron chi connectivity index (χ1n) is 11.0. The van der Waals surface area contributed by atoms with E-state index >= 15 is 0 Å². The van der Waals surface area contributed by atoms with Crippen LogP contribution in [0.5, 0.6) is 0 Å². The van der Waals surface area contributed by atoms with Gasteiger partial charge in [-0.1, -0.05) is 19.1 Å². The average Bonchev–Trinajstić information content (AvgIpc) is 3.31. The highest BCUT2D eigenvalue weighted by Gasteiger charge is 2.28. The minimum atomic E-state index is -0.986. The molecule has 3 rings (SSSR count). The van der Waals surface area contributed by atoms with E-state index in [1.807, 2.05) is 50.4 Å². The van der Waals surface area contributed by atoms with Crippen LogP contribution >= 0.6 is 0 Å². The summed E-state index contributed by atoms with van der Waals surface area (Å²) in [5.41, 5.74) is 1.84. The first kappa shape index (κ1) is 24.5. The number of nitrogens with one attached hydrogen (secondary N) is 2. The number of hydrogen-bond donors (Lipinski definition) is 3. The van der Waals surface area contributed by atoms with Crippen molar-refractivity contribution in [2.45, 2.75) is 51.3 Å². The number of carbonyl (C=O) groups excluding carboxylic acids is 1. The normalized spacial score (nSPS) is 15.0. The maximum atomic E-state index is 13.6. The topological polar surface area (TPSA) is 79.2 Å². The SMILES string of the molecule is CCC(C)(NCC(O)C(Cc1cc(F)cc(F)c1)NC(C)=O)c1cccc(-n2cccn2)c1. The van der Waals surface area contributed by atoms with Gasteiger partial charge in [0.1, 0.15) is 11.6 Å². The van der Waals surface area contributed by atoms with E-state index in [-0.39, 0.29) is 18.9 Å². The third-order valence-corrected chi connectivity index (χ3v) is 5.89. The van der Waals surface area contributed by atoms with Crippen molar-refractivity contribution in [2.24, 2.45) is 0 Å². The van der Waals surface area contributed by atoms with E-state index in [2.05, 4.69) is 15.7 Å². The fourth-order valence-corrected chi connectivity index (χ4v) is 3.84.